The Bertz CT molecular complexity index is 1060. The van der Waals surface area contributed by atoms with Gasteiger partial charge in [0.15, 0.2) is 0 Å². The van der Waals surface area contributed by atoms with E-state index in [1.165, 1.54) is 12.1 Å². The summed E-state index contributed by atoms with van der Waals surface area (Å²) in [5.41, 5.74) is 0.793. The first-order valence-electron chi connectivity index (χ1n) is 11.7. The van der Waals surface area contributed by atoms with Crippen LogP contribution in [0.25, 0.3) is 0 Å². The molecular weight excluding hydrogens is 421 g/mol. The molecule has 1 aliphatic heterocycles. The van der Waals surface area contributed by atoms with Gasteiger partial charge in [-0.25, -0.2) is 4.39 Å². The number of carbonyl (C=O) groups is 1. The smallest absolute Gasteiger partial charge is 0.224 e. The Morgan fingerprint density at radius 3 is 2.73 bits per heavy atom. The van der Waals surface area contributed by atoms with Crippen molar-refractivity contribution in [2.45, 2.75) is 52.0 Å². The summed E-state index contributed by atoms with van der Waals surface area (Å²) in [5, 5.41) is 11.7. The van der Waals surface area contributed by atoms with E-state index in [0.29, 0.717) is 18.9 Å². The molecule has 1 aliphatic rings. The fourth-order valence-electron chi connectivity index (χ4n) is 4.24. The van der Waals surface area contributed by atoms with E-state index in [4.69, 9.17) is 4.42 Å². The maximum atomic E-state index is 13.0. The molecule has 3 aromatic rings. The Morgan fingerprint density at radius 1 is 1.15 bits per heavy atom. The Hall–Kier alpha value is -3.00. The highest BCUT2D eigenvalue weighted by molar-refractivity contribution is 5.78. The normalized spacial score (nSPS) is 15.1. The van der Waals surface area contributed by atoms with Crippen LogP contribution in [-0.2, 0) is 30.6 Å². The molecule has 0 saturated heterocycles. The minimum Gasteiger partial charge on any atom is -0.466 e. The second-order valence-corrected chi connectivity index (χ2v) is 8.82. The van der Waals surface area contributed by atoms with Crippen LogP contribution in [0.4, 0.5) is 4.39 Å². The molecule has 0 bridgehead atoms. The van der Waals surface area contributed by atoms with Gasteiger partial charge < -0.3 is 19.2 Å². The molecule has 1 amide bonds. The summed E-state index contributed by atoms with van der Waals surface area (Å²) in [6.45, 7) is 8.50. The van der Waals surface area contributed by atoms with Crippen molar-refractivity contribution in [3.8, 4) is 0 Å². The van der Waals surface area contributed by atoms with Gasteiger partial charge in [-0.05, 0) is 49.7 Å². The first-order chi connectivity index (χ1) is 16.0. The van der Waals surface area contributed by atoms with Gasteiger partial charge in [-0.15, -0.1) is 10.2 Å². The van der Waals surface area contributed by atoms with Crippen LogP contribution in [0.3, 0.4) is 0 Å². The van der Waals surface area contributed by atoms with E-state index in [-0.39, 0.29) is 18.1 Å². The fraction of sp³-hybridized carbons (Fsp3) is 0.480. The largest absolute Gasteiger partial charge is 0.466 e. The Morgan fingerprint density at radius 2 is 1.97 bits per heavy atom. The van der Waals surface area contributed by atoms with E-state index in [0.717, 1.165) is 67.8 Å². The number of rotatable bonds is 9. The summed E-state index contributed by atoms with van der Waals surface area (Å²) in [4.78, 5) is 14.7. The van der Waals surface area contributed by atoms with Crippen LogP contribution in [0.15, 0.2) is 40.8 Å². The predicted octanol–water partition coefficient (Wildman–Crippen LogP) is 3.27. The maximum absolute atomic E-state index is 13.0. The lowest BCUT2D eigenvalue weighted by Gasteiger charge is -2.21. The van der Waals surface area contributed by atoms with Crippen molar-refractivity contribution >= 4 is 5.91 Å². The van der Waals surface area contributed by atoms with Crippen molar-refractivity contribution in [2.24, 2.45) is 0 Å². The number of hydrogen-bond acceptors (Lipinski definition) is 5. The number of aromatic nitrogens is 3. The lowest BCUT2D eigenvalue weighted by Crippen LogP contribution is -2.29. The number of carbonyl (C=O) groups excluding carboxylic acids is 1. The number of benzene rings is 1. The maximum Gasteiger partial charge on any atom is 0.224 e. The van der Waals surface area contributed by atoms with Gasteiger partial charge in [0.2, 0.25) is 5.91 Å². The molecule has 176 valence electrons. The van der Waals surface area contributed by atoms with Gasteiger partial charge in [-0.2, -0.15) is 0 Å². The molecule has 1 N–H and O–H groups in total. The molecule has 33 heavy (non-hydrogen) atoms. The van der Waals surface area contributed by atoms with Gasteiger partial charge >= 0.3 is 0 Å². The van der Waals surface area contributed by atoms with E-state index >= 15 is 0 Å². The second-order valence-electron chi connectivity index (χ2n) is 8.82. The van der Waals surface area contributed by atoms with Crippen molar-refractivity contribution < 1.29 is 13.6 Å². The van der Waals surface area contributed by atoms with Crippen LogP contribution in [0.5, 0.6) is 0 Å². The molecule has 0 spiro atoms. The number of hydrogen-bond donors (Lipinski definition) is 1. The molecule has 7 nitrogen and oxygen atoms in total. The first-order valence-corrected chi connectivity index (χ1v) is 11.7. The van der Waals surface area contributed by atoms with Gasteiger partial charge in [0, 0.05) is 44.9 Å². The summed E-state index contributed by atoms with van der Waals surface area (Å²) < 4.78 is 21.0. The highest BCUT2D eigenvalue weighted by atomic mass is 19.1. The summed E-state index contributed by atoms with van der Waals surface area (Å²) in [6.07, 6.45) is 2.80. The molecule has 8 heteroatoms. The van der Waals surface area contributed by atoms with Crippen LogP contribution in [-0.4, -0.2) is 51.8 Å². The van der Waals surface area contributed by atoms with Gasteiger partial charge in [0.25, 0.3) is 0 Å². The number of furan rings is 1. The first kappa shape index (κ1) is 23.2. The van der Waals surface area contributed by atoms with Crippen molar-refractivity contribution in [1.29, 1.82) is 0 Å². The molecule has 1 atom stereocenters. The predicted molar refractivity (Wildman–Crippen MR) is 123 cm³/mol. The highest BCUT2D eigenvalue weighted by Gasteiger charge is 2.20. The molecule has 0 fully saturated rings. The Labute approximate surface area is 194 Å². The number of nitrogens with zero attached hydrogens (tertiary/aromatic N) is 4. The summed E-state index contributed by atoms with van der Waals surface area (Å²) in [5.74, 6) is 3.96. The van der Waals surface area contributed by atoms with E-state index in [1.807, 2.05) is 13.0 Å². The van der Waals surface area contributed by atoms with Gasteiger partial charge in [-0.1, -0.05) is 19.1 Å². The molecule has 0 saturated carbocycles. The zero-order valence-electron chi connectivity index (χ0n) is 19.4. The molecule has 2 aromatic heterocycles. The third-order valence-electron chi connectivity index (χ3n) is 6.27. The Balaban J connectivity index is 1.22. The number of nitrogens with one attached hydrogen (secondary N) is 1. The van der Waals surface area contributed by atoms with Gasteiger partial charge in [0.05, 0.1) is 6.42 Å². The summed E-state index contributed by atoms with van der Waals surface area (Å²) >= 11 is 0. The number of fused-ring (bicyclic) bond motifs is 1. The summed E-state index contributed by atoms with van der Waals surface area (Å²) in [6, 6.07) is 10.1. The quantitative estimate of drug-likeness (QED) is 0.538. The average molecular weight is 454 g/mol. The SMILES string of the molecule is Cc1ccc([C@@H](C)CCN2CCc3nnc(CCNC(=O)Cc4ccc(F)cc4)n3CC2)o1. The van der Waals surface area contributed by atoms with E-state index in [1.54, 1.807) is 12.1 Å². The van der Waals surface area contributed by atoms with Crippen LogP contribution in [0, 0.1) is 12.7 Å². The van der Waals surface area contributed by atoms with Gasteiger partial charge in [-0.3, -0.25) is 4.79 Å². The number of amides is 1. The van der Waals surface area contributed by atoms with Crippen molar-refractivity contribution in [3.05, 3.63) is 70.9 Å². The fourth-order valence-corrected chi connectivity index (χ4v) is 4.24. The third-order valence-corrected chi connectivity index (χ3v) is 6.27. The van der Waals surface area contributed by atoms with E-state index in [9.17, 15) is 9.18 Å². The number of halogens is 1. The van der Waals surface area contributed by atoms with Crippen LogP contribution < -0.4 is 5.32 Å². The standard InChI is InChI=1S/C25H32FN5O2/c1-18(22-8-3-19(2)33-22)10-13-30-14-11-24-29-28-23(31(24)16-15-30)9-12-27-25(32)17-20-4-6-21(26)7-5-20/h3-8,18H,9-17H2,1-2H3,(H,27,32)/t18-/m0/s1. The van der Waals surface area contributed by atoms with Crippen molar-refractivity contribution in [2.75, 3.05) is 26.2 Å². The molecular formula is C25H32FN5O2. The average Bonchev–Trinajstić information content (AvgIpc) is 3.34. The summed E-state index contributed by atoms with van der Waals surface area (Å²) in [7, 11) is 0. The third kappa shape index (κ3) is 6.28. The van der Waals surface area contributed by atoms with Crippen LogP contribution in [0.2, 0.25) is 0 Å². The lowest BCUT2D eigenvalue weighted by atomic mass is 10.0. The second kappa shape index (κ2) is 10.7. The molecule has 3 heterocycles. The molecule has 0 unspecified atom stereocenters. The minimum atomic E-state index is -0.299. The van der Waals surface area contributed by atoms with Crippen molar-refractivity contribution in [3.63, 3.8) is 0 Å². The topological polar surface area (TPSA) is 76.2 Å². The Kier molecular flexibility index (Phi) is 7.54. The zero-order valence-corrected chi connectivity index (χ0v) is 19.4. The van der Waals surface area contributed by atoms with Gasteiger partial charge in [0.1, 0.15) is 29.0 Å². The van der Waals surface area contributed by atoms with E-state index in [2.05, 4.69) is 38.0 Å². The van der Waals surface area contributed by atoms with Crippen LogP contribution in [0.1, 0.15) is 48.0 Å². The zero-order chi connectivity index (χ0) is 23.2. The highest BCUT2D eigenvalue weighted by Crippen LogP contribution is 2.22. The molecule has 0 aliphatic carbocycles. The van der Waals surface area contributed by atoms with E-state index < -0.39 is 0 Å². The lowest BCUT2D eigenvalue weighted by molar-refractivity contribution is -0.120. The van der Waals surface area contributed by atoms with Crippen molar-refractivity contribution in [1.82, 2.24) is 25.0 Å². The number of aryl methyl sites for hydroxylation is 1. The molecule has 0 radical (unpaired) electrons. The minimum absolute atomic E-state index is 0.0794. The molecule has 1 aromatic carbocycles. The van der Waals surface area contributed by atoms with Crippen LogP contribution >= 0.6 is 0 Å². The monoisotopic (exact) mass is 453 g/mol. The molecule has 4 rings (SSSR count).